The van der Waals surface area contributed by atoms with Crippen molar-refractivity contribution in [2.24, 2.45) is 0 Å². The third-order valence-electron chi connectivity index (χ3n) is 3.37. The molecule has 0 aromatic heterocycles. The Morgan fingerprint density at radius 1 is 1.25 bits per heavy atom. The van der Waals surface area contributed by atoms with Gasteiger partial charge in [-0.2, -0.15) is 0 Å². The summed E-state index contributed by atoms with van der Waals surface area (Å²) in [6, 6.07) is 7.81. The first-order valence-corrected chi connectivity index (χ1v) is 5.86. The second-order valence-electron chi connectivity index (χ2n) is 4.20. The smallest absolute Gasteiger partial charge is 0.0613 e. The van der Waals surface area contributed by atoms with Crippen LogP contribution in [-0.2, 0) is 6.54 Å². The zero-order valence-electron chi connectivity index (χ0n) is 10.2. The van der Waals surface area contributed by atoms with Crippen molar-refractivity contribution in [3.8, 4) is 0 Å². The van der Waals surface area contributed by atoms with Crippen molar-refractivity contribution >= 4 is 5.69 Å². The lowest BCUT2D eigenvalue weighted by atomic mass is 9.93. The van der Waals surface area contributed by atoms with Gasteiger partial charge < -0.3 is 16.2 Å². The predicted molar refractivity (Wildman–Crippen MR) is 68.1 cm³/mol. The molecule has 4 N–H and O–H groups in total. The van der Waals surface area contributed by atoms with Crippen LogP contribution >= 0.6 is 0 Å². The lowest BCUT2D eigenvalue weighted by Gasteiger charge is -2.31. The average molecular weight is 222 g/mol. The third-order valence-corrected chi connectivity index (χ3v) is 3.37. The van der Waals surface area contributed by atoms with Gasteiger partial charge in [-0.05, 0) is 24.5 Å². The van der Waals surface area contributed by atoms with Crippen LogP contribution in [0.5, 0.6) is 0 Å². The minimum Gasteiger partial charge on any atom is -0.398 e. The molecule has 0 unspecified atom stereocenters. The van der Waals surface area contributed by atoms with Gasteiger partial charge in [0.15, 0.2) is 0 Å². The minimum atomic E-state index is -0.178. The Morgan fingerprint density at radius 3 is 2.38 bits per heavy atom. The van der Waals surface area contributed by atoms with E-state index in [1.807, 2.05) is 24.3 Å². The molecule has 1 aromatic rings. The Bertz CT molecular complexity index is 313. The summed E-state index contributed by atoms with van der Waals surface area (Å²) in [6.07, 6.45) is 1.82. The van der Waals surface area contributed by atoms with E-state index in [0.717, 1.165) is 24.1 Å². The van der Waals surface area contributed by atoms with Crippen LogP contribution in [0.1, 0.15) is 32.3 Å². The van der Waals surface area contributed by atoms with Crippen molar-refractivity contribution in [2.75, 3.05) is 12.3 Å². The topological polar surface area (TPSA) is 58.3 Å². The number of aliphatic hydroxyl groups is 1. The van der Waals surface area contributed by atoms with Crippen LogP contribution in [0, 0.1) is 0 Å². The van der Waals surface area contributed by atoms with Gasteiger partial charge in [0, 0.05) is 17.8 Å². The molecule has 0 heterocycles. The van der Waals surface area contributed by atoms with Gasteiger partial charge in [-0.3, -0.25) is 0 Å². The number of nitrogens with one attached hydrogen (secondary N) is 1. The van der Waals surface area contributed by atoms with Crippen molar-refractivity contribution in [2.45, 2.75) is 38.8 Å². The Morgan fingerprint density at radius 2 is 1.88 bits per heavy atom. The van der Waals surface area contributed by atoms with Crippen molar-refractivity contribution in [1.29, 1.82) is 0 Å². The van der Waals surface area contributed by atoms with Gasteiger partial charge in [-0.1, -0.05) is 32.0 Å². The molecule has 0 amide bonds. The van der Waals surface area contributed by atoms with E-state index in [1.54, 1.807) is 0 Å². The first-order valence-electron chi connectivity index (χ1n) is 5.86. The average Bonchev–Trinajstić information content (AvgIpc) is 2.34. The number of hydrogen-bond acceptors (Lipinski definition) is 3. The maximum absolute atomic E-state index is 9.43. The second-order valence-corrected chi connectivity index (χ2v) is 4.20. The van der Waals surface area contributed by atoms with Crippen LogP contribution in [0.4, 0.5) is 5.69 Å². The van der Waals surface area contributed by atoms with Crippen LogP contribution in [0.3, 0.4) is 0 Å². The summed E-state index contributed by atoms with van der Waals surface area (Å²) < 4.78 is 0. The Kier molecular flexibility index (Phi) is 4.77. The maximum atomic E-state index is 9.43. The molecule has 0 radical (unpaired) electrons. The molecule has 0 aliphatic rings. The summed E-state index contributed by atoms with van der Waals surface area (Å²) in [5, 5.41) is 12.8. The first kappa shape index (κ1) is 13.0. The highest BCUT2D eigenvalue weighted by Crippen LogP contribution is 2.17. The standard InChI is InChI=1S/C13H22N2O/c1-3-13(4-2,10-16)15-9-11-7-5-6-8-12(11)14/h5-8,15-16H,3-4,9-10,14H2,1-2H3. The SMILES string of the molecule is CCC(CC)(CO)NCc1ccccc1N. The summed E-state index contributed by atoms with van der Waals surface area (Å²) in [7, 11) is 0. The molecule has 0 aliphatic carbocycles. The molecule has 0 bridgehead atoms. The monoisotopic (exact) mass is 222 g/mol. The minimum absolute atomic E-state index is 0.159. The number of aliphatic hydroxyl groups excluding tert-OH is 1. The van der Waals surface area contributed by atoms with Crippen molar-refractivity contribution in [3.05, 3.63) is 29.8 Å². The molecule has 90 valence electrons. The van der Waals surface area contributed by atoms with E-state index < -0.39 is 0 Å². The number of anilines is 1. The van der Waals surface area contributed by atoms with Gasteiger partial charge in [-0.15, -0.1) is 0 Å². The maximum Gasteiger partial charge on any atom is 0.0613 e. The number of nitrogens with two attached hydrogens (primary N) is 1. The molecule has 0 saturated heterocycles. The molecule has 0 fully saturated rings. The molecule has 3 heteroatoms. The molecule has 0 spiro atoms. The summed E-state index contributed by atoms with van der Waals surface area (Å²) >= 11 is 0. The summed E-state index contributed by atoms with van der Waals surface area (Å²) in [6.45, 7) is 5.03. The highest BCUT2D eigenvalue weighted by Gasteiger charge is 2.24. The molecule has 3 nitrogen and oxygen atoms in total. The fraction of sp³-hybridized carbons (Fsp3) is 0.538. The van der Waals surface area contributed by atoms with E-state index in [4.69, 9.17) is 5.73 Å². The number of para-hydroxylation sites is 1. The Labute approximate surface area is 97.7 Å². The van der Waals surface area contributed by atoms with Crippen LogP contribution in [0.2, 0.25) is 0 Å². The second kappa shape index (κ2) is 5.87. The third kappa shape index (κ3) is 2.97. The zero-order valence-corrected chi connectivity index (χ0v) is 10.2. The van der Waals surface area contributed by atoms with Crippen LogP contribution < -0.4 is 11.1 Å². The van der Waals surface area contributed by atoms with Crippen molar-refractivity contribution < 1.29 is 5.11 Å². The van der Waals surface area contributed by atoms with Crippen molar-refractivity contribution in [3.63, 3.8) is 0 Å². The molecule has 1 rings (SSSR count). The number of benzene rings is 1. The van der Waals surface area contributed by atoms with Gasteiger partial charge in [0.25, 0.3) is 0 Å². The van der Waals surface area contributed by atoms with E-state index in [1.165, 1.54) is 0 Å². The highest BCUT2D eigenvalue weighted by molar-refractivity contribution is 5.46. The van der Waals surface area contributed by atoms with E-state index in [2.05, 4.69) is 19.2 Å². The fourth-order valence-corrected chi connectivity index (χ4v) is 1.76. The number of hydrogen-bond donors (Lipinski definition) is 3. The first-order chi connectivity index (χ1) is 7.67. The molecule has 1 aromatic carbocycles. The quantitative estimate of drug-likeness (QED) is 0.644. The van der Waals surface area contributed by atoms with Gasteiger partial charge in [0.2, 0.25) is 0 Å². The van der Waals surface area contributed by atoms with Gasteiger partial charge in [0.1, 0.15) is 0 Å². The molecular formula is C13H22N2O. The molecule has 0 saturated carbocycles. The van der Waals surface area contributed by atoms with Crippen LogP contribution in [0.25, 0.3) is 0 Å². The number of nitrogen functional groups attached to an aromatic ring is 1. The van der Waals surface area contributed by atoms with Gasteiger partial charge in [0.05, 0.1) is 6.61 Å². The van der Waals surface area contributed by atoms with E-state index in [0.29, 0.717) is 6.54 Å². The van der Waals surface area contributed by atoms with E-state index >= 15 is 0 Å². The molecule has 16 heavy (non-hydrogen) atoms. The van der Waals surface area contributed by atoms with Crippen molar-refractivity contribution in [1.82, 2.24) is 5.32 Å². The highest BCUT2D eigenvalue weighted by atomic mass is 16.3. The lowest BCUT2D eigenvalue weighted by molar-refractivity contribution is 0.149. The molecule has 0 atom stereocenters. The zero-order chi connectivity index (χ0) is 12.0. The number of rotatable bonds is 6. The van der Waals surface area contributed by atoms with Crippen LogP contribution in [0.15, 0.2) is 24.3 Å². The Hall–Kier alpha value is -1.06. The summed E-state index contributed by atoms with van der Waals surface area (Å²) in [5.74, 6) is 0. The van der Waals surface area contributed by atoms with Crippen LogP contribution in [-0.4, -0.2) is 17.3 Å². The summed E-state index contributed by atoms with van der Waals surface area (Å²) in [4.78, 5) is 0. The van der Waals surface area contributed by atoms with Gasteiger partial charge in [-0.25, -0.2) is 0 Å². The Balaban J connectivity index is 2.66. The van der Waals surface area contributed by atoms with E-state index in [9.17, 15) is 5.11 Å². The largest absolute Gasteiger partial charge is 0.398 e. The predicted octanol–water partition coefficient (Wildman–Crippen LogP) is 1.91. The lowest BCUT2D eigenvalue weighted by Crippen LogP contribution is -2.47. The van der Waals surface area contributed by atoms with Gasteiger partial charge >= 0.3 is 0 Å². The molecular weight excluding hydrogens is 200 g/mol. The fourth-order valence-electron chi connectivity index (χ4n) is 1.76. The molecule has 0 aliphatic heterocycles. The normalized spacial score (nSPS) is 11.7. The van der Waals surface area contributed by atoms with E-state index in [-0.39, 0.29) is 12.1 Å². The summed E-state index contributed by atoms with van der Waals surface area (Å²) in [5.41, 5.74) is 7.58.